The molecule has 0 unspecified atom stereocenters. The van der Waals surface area contributed by atoms with E-state index in [0.717, 1.165) is 11.3 Å². The minimum atomic E-state index is -0.504. The Hall–Kier alpha value is -3.53. The van der Waals surface area contributed by atoms with Crippen LogP contribution in [-0.2, 0) is 4.79 Å². The molecular formula is C22H22N4O5S. The zero-order valence-electron chi connectivity index (χ0n) is 17.8. The van der Waals surface area contributed by atoms with E-state index < -0.39 is 6.04 Å². The number of carbonyl (C=O) groups is 1. The van der Waals surface area contributed by atoms with Crippen molar-refractivity contribution in [1.29, 1.82) is 0 Å². The number of nitrogens with one attached hydrogen (secondary N) is 2. The molecule has 10 heteroatoms. The Morgan fingerprint density at radius 1 is 1.06 bits per heavy atom. The molecule has 1 aromatic carbocycles. The molecule has 0 amide bonds. The predicted molar refractivity (Wildman–Crippen MR) is 119 cm³/mol. The minimum Gasteiger partial charge on any atom is -0.493 e. The number of ether oxygens (including phenoxy) is 3. The molecule has 0 bridgehead atoms. The summed E-state index contributed by atoms with van der Waals surface area (Å²) >= 11 is 1.66. The van der Waals surface area contributed by atoms with Crippen molar-refractivity contribution in [1.82, 2.24) is 10.3 Å². The number of methoxy groups -OCH3 is 3. The maximum atomic E-state index is 13.5. The number of benzene rings is 1. The summed E-state index contributed by atoms with van der Waals surface area (Å²) in [6.07, 6.45) is 1.11. The Balaban J connectivity index is 1.64. The van der Waals surface area contributed by atoms with Crippen molar-refractivity contribution in [2.45, 2.75) is 24.8 Å². The predicted octanol–water partition coefficient (Wildman–Crippen LogP) is 4.14. The highest BCUT2D eigenvalue weighted by atomic mass is 32.1. The number of ketones is 1. The fourth-order valence-corrected chi connectivity index (χ4v) is 5.17. The summed E-state index contributed by atoms with van der Waals surface area (Å²) in [5.41, 5.74) is 2.22. The van der Waals surface area contributed by atoms with Gasteiger partial charge in [0.15, 0.2) is 17.3 Å². The summed E-state index contributed by atoms with van der Waals surface area (Å²) in [7, 11) is 4.67. The van der Waals surface area contributed by atoms with Gasteiger partial charge >= 0.3 is 0 Å². The molecule has 0 saturated carbocycles. The third kappa shape index (κ3) is 3.36. The molecule has 0 saturated heterocycles. The smallest absolute Gasteiger partial charge is 0.219 e. The first-order valence-electron chi connectivity index (χ1n) is 10.1. The van der Waals surface area contributed by atoms with Crippen LogP contribution in [0.4, 0.5) is 11.6 Å². The van der Waals surface area contributed by atoms with Gasteiger partial charge in [-0.25, -0.2) is 4.63 Å². The average Bonchev–Trinajstić information content (AvgIpc) is 3.47. The molecular weight excluding hydrogens is 432 g/mol. The maximum absolute atomic E-state index is 13.5. The Bertz CT molecular complexity index is 1160. The van der Waals surface area contributed by atoms with E-state index in [2.05, 4.69) is 27.0 Å². The third-order valence-electron chi connectivity index (χ3n) is 5.80. The standard InChI is InChI=1S/C22H22N4O5S/c1-28-15-9-12(10-16(29-2)20(15)30-3)19-18-13(23-21-22(24-19)26-31-25-21)7-11(8-14(18)27)17-5-4-6-32-17/h4-6,9-11,19H,7-8H2,1-3H3,(H,23,25)(H,24,26)/t11-,19+/m1/s1. The van der Waals surface area contributed by atoms with Crippen LogP contribution in [0.3, 0.4) is 0 Å². The van der Waals surface area contributed by atoms with E-state index in [1.165, 1.54) is 4.88 Å². The molecule has 5 rings (SSSR count). The fraction of sp³-hybridized carbons (Fsp3) is 0.318. The Morgan fingerprint density at radius 3 is 2.47 bits per heavy atom. The largest absolute Gasteiger partial charge is 0.493 e. The van der Waals surface area contributed by atoms with Crippen LogP contribution >= 0.6 is 11.3 Å². The molecule has 0 radical (unpaired) electrons. The number of rotatable bonds is 5. The van der Waals surface area contributed by atoms with Crippen molar-refractivity contribution in [3.05, 3.63) is 51.4 Å². The lowest BCUT2D eigenvalue weighted by Gasteiger charge is -2.29. The number of allylic oxidation sites excluding steroid dienone is 1. The van der Waals surface area contributed by atoms with Crippen LogP contribution in [0.25, 0.3) is 0 Å². The lowest BCUT2D eigenvalue weighted by Crippen LogP contribution is -2.26. The molecule has 2 aliphatic rings. The number of hydrogen-bond donors (Lipinski definition) is 2. The van der Waals surface area contributed by atoms with Crippen LogP contribution < -0.4 is 24.8 Å². The third-order valence-corrected chi connectivity index (χ3v) is 6.84. The highest BCUT2D eigenvalue weighted by Crippen LogP contribution is 2.47. The van der Waals surface area contributed by atoms with Gasteiger partial charge in [0.1, 0.15) is 0 Å². The summed E-state index contributed by atoms with van der Waals surface area (Å²) in [5, 5.41) is 16.6. The molecule has 9 nitrogen and oxygen atoms in total. The second-order valence-electron chi connectivity index (χ2n) is 7.56. The van der Waals surface area contributed by atoms with E-state index in [0.29, 0.717) is 47.3 Å². The van der Waals surface area contributed by atoms with Crippen LogP contribution in [0.1, 0.15) is 35.2 Å². The summed E-state index contributed by atoms with van der Waals surface area (Å²) in [4.78, 5) is 14.7. The molecule has 1 aliphatic heterocycles. The van der Waals surface area contributed by atoms with Crippen molar-refractivity contribution in [3.63, 3.8) is 0 Å². The van der Waals surface area contributed by atoms with E-state index >= 15 is 0 Å². The Kier molecular flexibility index (Phi) is 5.22. The molecule has 0 spiro atoms. The normalized spacial score (nSPS) is 19.9. The van der Waals surface area contributed by atoms with E-state index in [4.69, 9.17) is 18.8 Å². The Morgan fingerprint density at radius 2 is 1.81 bits per heavy atom. The second kappa shape index (κ2) is 8.19. The summed E-state index contributed by atoms with van der Waals surface area (Å²) in [6.45, 7) is 0. The SMILES string of the molecule is COc1cc([C@@H]2Nc3nonc3NC3=C2C(=O)C[C@H](c2cccs2)C3)cc(OC)c1OC. The van der Waals surface area contributed by atoms with Gasteiger partial charge < -0.3 is 24.8 Å². The number of fused-ring (bicyclic) bond motifs is 1. The van der Waals surface area contributed by atoms with Gasteiger partial charge in [0.05, 0.1) is 27.4 Å². The van der Waals surface area contributed by atoms with E-state index in [-0.39, 0.29) is 11.7 Å². The van der Waals surface area contributed by atoms with Crippen LogP contribution in [-0.4, -0.2) is 37.4 Å². The van der Waals surface area contributed by atoms with Crippen molar-refractivity contribution in [3.8, 4) is 17.2 Å². The van der Waals surface area contributed by atoms with Crippen molar-refractivity contribution >= 4 is 28.8 Å². The average molecular weight is 455 g/mol. The summed E-state index contributed by atoms with van der Waals surface area (Å²) in [6, 6.07) is 7.25. The van der Waals surface area contributed by atoms with Crippen molar-refractivity contribution in [2.75, 3.05) is 32.0 Å². The molecule has 166 valence electrons. The number of thiophene rings is 1. The molecule has 2 atom stereocenters. The van der Waals surface area contributed by atoms with Gasteiger partial charge in [0.2, 0.25) is 17.4 Å². The zero-order valence-corrected chi connectivity index (χ0v) is 18.6. The van der Waals surface area contributed by atoms with E-state index in [9.17, 15) is 4.79 Å². The van der Waals surface area contributed by atoms with Gasteiger partial charge in [-0.05, 0) is 45.9 Å². The number of anilines is 2. The number of aromatic nitrogens is 2. The molecule has 2 aromatic heterocycles. The lowest BCUT2D eigenvalue weighted by atomic mass is 9.80. The highest BCUT2D eigenvalue weighted by Gasteiger charge is 2.38. The van der Waals surface area contributed by atoms with Crippen molar-refractivity contribution < 1.29 is 23.6 Å². The van der Waals surface area contributed by atoms with Crippen LogP contribution in [0.15, 0.2) is 45.5 Å². The van der Waals surface area contributed by atoms with E-state index in [1.807, 2.05) is 23.6 Å². The first-order chi connectivity index (χ1) is 15.6. The summed E-state index contributed by atoms with van der Waals surface area (Å²) < 4.78 is 21.5. The van der Waals surface area contributed by atoms with Gasteiger partial charge in [0.25, 0.3) is 0 Å². The molecule has 3 heterocycles. The summed E-state index contributed by atoms with van der Waals surface area (Å²) in [5.74, 6) is 2.53. The number of carbonyl (C=O) groups excluding carboxylic acids is 1. The Labute approximate surface area is 188 Å². The molecule has 1 aliphatic carbocycles. The van der Waals surface area contributed by atoms with Crippen LogP contribution in [0.5, 0.6) is 17.2 Å². The lowest BCUT2D eigenvalue weighted by molar-refractivity contribution is -0.116. The second-order valence-corrected chi connectivity index (χ2v) is 8.54. The van der Waals surface area contributed by atoms with E-state index in [1.54, 1.807) is 32.7 Å². The fourth-order valence-electron chi connectivity index (χ4n) is 4.34. The van der Waals surface area contributed by atoms with Gasteiger partial charge in [-0.2, -0.15) is 0 Å². The molecule has 3 aromatic rings. The molecule has 0 fully saturated rings. The topological polar surface area (TPSA) is 108 Å². The van der Waals surface area contributed by atoms with Gasteiger partial charge in [-0.15, -0.1) is 11.3 Å². The zero-order chi connectivity index (χ0) is 22.2. The highest BCUT2D eigenvalue weighted by molar-refractivity contribution is 7.10. The quantitative estimate of drug-likeness (QED) is 0.588. The number of Topliss-reactive ketones (excluding diaryl/α,β-unsaturated/α-hetero) is 1. The van der Waals surface area contributed by atoms with Crippen LogP contribution in [0, 0.1) is 0 Å². The minimum absolute atomic E-state index is 0.0606. The van der Waals surface area contributed by atoms with Gasteiger partial charge in [0, 0.05) is 28.5 Å². The molecule has 32 heavy (non-hydrogen) atoms. The maximum Gasteiger partial charge on any atom is 0.219 e. The van der Waals surface area contributed by atoms with Gasteiger partial charge in [-0.1, -0.05) is 6.07 Å². The number of nitrogens with zero attached hydrogens (tertiary/aromatic N) is 2. The first kappa shape index (κ1) is 20.4. The van der Waals surface area contributed by atoms with Gasteiger partial charge in [-0.3, -0.25) is 4.79 Å². The molecule has 2 N–H and O–H groups in total. The van der Waals surface area contributed by atoms with Crippen LogP contribution in [0.2, 0.25) is 0 Å². The monoisotopic (exact) mass is 454 g/mol. The number of hydrogen-bond acceptors (Lipinski definition) is 10. The van der Waals surface area contributed by atoms with Crippen molar-refractivity contribution in [2.24, 2.45) is 0 Å². The first-order valence-corrected chi connectivity index (χ1v) is 11.0.